The van der Waals surface area contributed by atoms with Gasteiger partial charge in [0.15, 0.2) is 6.10 Å². The van der Waals surface area contributed by atoms with Gasteiger partial charge in [0.2, 0.25) is 5.91 Å². The number of ether oxygens (including phenoxy) is 1. The second kappa shape index (κ2) is 8.90. The van der Waals surface area contributed by atoms with E-state index in [1.54, 1.807) is 36.1 Å². The molecular weight excluding hydrogens is 368 g/mol. The molecule has 1 aliphatic heterocycles. The Hall–Kier alpha value is -3.15. The van der Waals surface area contributed by atoms with Gasteiger partial charge in [-0.2, -0.15) is 0 Å². The Balaban J connectivity index is 1.61. The van der Waals surface area contributed by atoms with E-state index in [4.69, 9.17) is 4.74 Å². The molecule has 0 bridgehead atoms. The number of esters is 1. The molecule has 6 heteroatoms. The van der Waals surface area contributed by atoms with Crippen LogP contribution in [-0.2, 0) is 14.3 Å². The summed E-state index contributed by atoms with van der Waals surface area (Å²) in [6.45, 7) is 6.34. The van der Waals surface area contributed by atoms with Gasteiger partial charge >= 0.3 is 5.97 Å². The fourth-order valence-corrected chi connectivity index (χ4v) is 3.33. The Labute approximate surface area is 170 Å². The quantitative estimate of drug-likeness (QED) is 0.748. The van der Waals surface area contributed by atoms with Gasteiger partial charge in [0.05, 0.1) is 5.56 Å². The third-order valence-corrected chi connectivity index (χ3v) is 4.98. The minimum Gasteiger partial charge on any atom is -0.449 e. The Morgan fingerprint density at radius 3 is 2.34 bits per heavy atom. The summed E-state index contributed by atoms with van der Waals surface area (Å²) in [4.78, 5) is 38.4. The highest BCUT2D eigenvalue weighted by molar-refractivity contribution is 5.98. The highest BCUT2D eigenvalue weighted by Crippen LogP contribution is 2.24. The molecule has 1 fully saturated rings. The summed E-state index contributed by atoms with van der Waals surface area (Å²) < 4.78 is 5.33. The standard InChI is InChI=1S/C23H26N2O4/c1-15(2)19-7-4-5-8-20(19)24-22(27)16(3)29-23(28)17-10-12-18(13-11-17)25-14-6-9-21(25)26/h4-5,7-8,10-13,15-16H,6,9,14H2,1-3H3,(H,24,27)/t16-/m0/s1. The zero-order chi connectivity index (χ0) is 21.0. The fourth-order valence-electron chi connectivity index (χ4n) is 3.33. The van der Waals surface area contributed by atoms with Crippen molar-refractivity contribution in [1.82, 2.24) is 0 Å². The number of hydrogen-bond acceptors (Lipinski definition) is 4. The number of rotatable bonds is 6. The summed E-state index contributed by atoms with van der Waals surface area (Å²) in [6.07, 6.45) is 0.452. The van der Waals surface area contributed by atoms with Gasteiger partial charge < -0.3 is 15.0 Å². The Morgan fingerprint density at radius 2 is 1.72 bits per heavy atom. The van der Waals surface area contributed by atoms with Gasteiger partial charge in [0, 0.05) is 24.3 Å². The van der Waals surface area contributed by atoms with Crippen molar-refractivity contribution in [3.05, 3.63) is 59.7 Å². The van der Waals surface area contributed by atoms with Crippen LogP contribution in [0.5, 0.6) is 0 Å². The molecule has 1 heterocycles. The highest BCUT2D eigenvalue weighted by Gasteiger charge is 2.23. The average molecular weight is 394 g/mol. The number of carbonyl (C=O) groups excluding carboxylic acids is 3. The maximum absolute atomic E-state index is 12.5. The number of amides is 2. The minimum atomic E-state index is -0.942. The van der Waals surface area contributed by atoms with Gasteiger partial charge in [0.1, 0.15) is 0 Å². The molecule has 0 aromatic heterocycles. The van der Waals surface area contributed by atoms with Crippen molar-refractivity contribution in [2.75, 3.05) is 16.8 Å². The smallest absolute Gasteiger partial charge is 0.338 e. The van der Waals surface area contributed by atoms with Crippen molar-refractivity contribution in [3.8, 4) is 0 Å². The predicted octanol–water partition coefficient (Wildman–Crippen LogP) is 4.12. The molecule has 0 radical (unpaired) electrons. The van der Waals surface area contributed by atoms with Crippen LogP contribution >= 0.6 is 0 Å². The van der Waals surface area contributed by atoms with Crippen LogP contribution in [0.25, 0.3) is 0 Å². The summed E-state index contributed by atoms with van der Waals surface area (Å²) in [5.41, 5.74) is 2.84. The Kier molecular flexibility index (Phi) is 6.32. The lowest BCUT2D eigenvalue weighted by Crippen LogP contribution is -2.30. The summed E-state index contributed by atoms with van der Waals surface area (Å²) in [5, 5.41) is 2.84. The molecule has 6 nitrogen and oxygen atoms in total. The van der Waals surface area contributed by atoms with Gasteiger partial charge in [-0.05, 0) is 55.2 Å². The van der Waals surface area contributed by atoms with Crippen molar-refractivity contribution in [3.63, 3.8) is 0 Å². The van der Waals surface area contributed by atoms with E-state index in [2.05, 4.69) is 5.32 Å². The molecule has 29 heavy (non-hydrogen) atoms. The molecule has 2 aromatic carbocycles. The lowest BCUT2D eigenvalue weighted by molar-refractivity contribution is -0.123. The molecule has 2 amide bonds. The van der Waals surface area contributed by atoms with Crippen LogP contribution in [0.4, 0.5) is 11.4 Å². The number of benzene rings is 2. The third-order valence-electron chi connectivity index (χ3n) is 4.98. The molecule has 0 saturated carbocycles. The maximum atomic E-state index is 12.5. The second-order valence-corrected chi connectivity index (χ2v) is 7.47. The normalized spacial score (nSPS) is 14.8. The summed E-state index contributed by atoms with van der Waals surface area (Å²) in [7, 11) is 0. The molecule has 152 valence electrons. The van der Waals surface area contributed by atoms with Crippen molar-refractivity contribution in [2.24, 2.45) is 0 Å². The average Bonchev–Trinajstić information content (AvgIpc) is 3.14. The SMILES string of the molecule is CC(C)c1ccccc1NC(=O)[C@H](C)OC(=O)c1ccc(N2CCCC2=O)cc1. The van der Waals surface area contributed by atoms with Crippen LogP contribution in [0.15, 0.2) is 48.5 Å². The van der Waals surface area contributed by atoms with Gasteiger partial charge in [-0.3, -0.25) is 9.59 Å². The summed E-state index contributed by atoms with van der Waals surface area (Å²) >= 11 is 0. The van der Waals surface area contributed by atoms with E-state index in [1.807, 2.05) is 38.1 Å². The largest absolute Gasteiger partial charge is 0.449 e. The summed E-state index contributed by atoms with van der Waals surface area (Å²) in [5.74, 6) is -0.618. The van der Waals surface area contributed by atoms with Crippen LogP contribution in [-0.4, -0.2) is 30.4 Å². The number of hydrogen-bond donors (Lipinski definition) is 1. The van der Waals surface area contributed by atoms with Crippen molar-refractivity contribution in [2.45, 2.75) is 45.6 Å². The molecule has 1 N–H and O–H groups in total. The van der Waals surface area contributed by atoms with Crippen LogP contribution < -0.4 is 10.2 Å². The number of carbonyl (C=O) groups is 3. The predicted molar refractivity (Wildman–Crippen MR) is 112 cm³/mol. The molecule has 3 rings (SSSR count). The van der Waals surface area contributed by atoms with E-state index in [-0.39, 0.29) is 17.7 Å². The zero-order valence-electron chi connectivity index (χ0n) is 17.0. The Morgan fingerprint density at radius 1 is 1.03 bits per heavy atom. The van der Waals surface area contributed by atoms with Crippen LogP contribution in [0.3, 0.4) is 0 Å². The van der Waals surface area contributed by atoms with E-state index < -0.39 is 12.1 Å². The van der Waals surface area contributed by atoms with E-state index in [0.29, 0.717) is 18.5 Å². The van der Waals surface area contributed by atoms with Gasteiger partial charge in [-0.25, -0.2) is 4.79 Å². The molecule has 1 saturated heterocycles. The first kappa shape index (κ1) is 20.6. The van der Waals surface area contributed by atoms with Crippen molar-refractivity contribution in [1.29, 1.82) is 0 Å². The van der Waals surface area contributed by atoms with Crippen LogP contribution in [0, 0.1) is 0 Å². The molecule has 1 atom stereocenters. The van der Waals surface area contributed by atoms with Crippen molar-refractivity contribution >= 4 is 29.2 Å². The Bertz CT molecular complexity index is 905. The summed E-state index contributed by atoms with van der Waals surface area (Å²) in [6, 6.07) is 14.2. The first-order valence-corrected chi connectivity index (χ1v) is 9.88. The second-order valence-electron chi connectivity index (χ2n) is 7.47. The number of nitrogens with one attached hydrogen (secondary N) is 1. The molecule has 0 aliphatic carbocycles. The lowest BCUT2D eigenvalue weighted by Gasteiger charge is -2.18. The fraction of sp³-hybridized carbons (Fsp3) is 0.348. The molecular formula is C23H26N2O4. The first-order chi connectivity index (χ1) is 13.9. The van der Waals surface area contributed by atoms with Gasteiger partial charge in [0.25, 0.3) is 5.91 Å². The minimum absolute atomic E-state index is 0.0901. The monoisotopic (exact) mass is 394 g/mol. The number of anilines is 2. The zero-order valence-corrected chi connectivity index (χ0v) is 17.0. The van der Waals surface area contributed by atoms with Crippen LogP contribution in [0.1, 0.15) is 55.5 Å². The topological polar surface area (TPSA) is 75.7 Å². The van der Waals surface area contributed by atoms with E-state index in [9.17, 15) is 14.4 Å². The molecule has 1 aliphatic rings. The first-order valence-electron chi connectivity index (χ1n) is 9.88. The molecule has 0 spiro atoms. The third kappa shape index (κ3) is 4.83. The van der Waals surface area contributed by atoms with E-state index >= 15 is 0 Å². The maximum Gasteiger partial charge on any atom is 0.338 e. The number of nitrogens with zero attached hydrogens (tertiary/aromatic N) is 1. The molecule has 0 unspecified atom stereocenters. The van der Waals surface area contributed by atoms with Gasteiger partial charge in [-0.15, -0.1) is 0 Å². The highest BCUT2D eigenvalue weighted by atomic mass is 16.5. The van der Waals surface area contributed by atoms with Crippen LogP contribution in [0.2, 0.25) is 0 Å². The van der Waals surface area contributed by atoms with Gasteiger partial charge in [-0.1, -0.05) is 32.0 Å². The van der Waals surface area contributed by atoms with E-state index in [1.165, 1.54) is 0 Å². The number of para-hydroxylation sites is 1. The van der Waals surface area contributed by atoms with Crippen molar-refractivity contribution < 1.29 is 19.1 Å². The molecule has 2 aromatic rings. The van der Waals surface area contributed by atoms with E-state index in [0.717, 1.165) is 23.4 Å². The lowest BCUT2D eigenvalue weighted by atomic mass is 10.0.